The number of hydrogen-bond acceptors (Lipinski definition) is 5. The zero-order valence-corrected chi connectivity index (χ0v) is 19.5. The third-order valence-electron chi connectivity index (χ3n) is 4.24. The molecule has 0 radical (unpaired) electrons. The molecule has 1 amide bonds. The van der Waals surface area contributed by atoms with Crippen LogP contribution in [0.1, 0.15) is 22.9 Å². The van der Waals surface area contributed by atoms with Gasteiger partial charge in [-0.1, -0.05) is 12.1 Å². The first-order chi connectivity index (χ1) is 14.0. The van der Waals surface area contributed by atoms with Crippen LogP contribution in [0.15, 0.2) is 52.1 Å². The maximum atomic E-state index is 12.1. The van der Waals surface area contributed by atoms with Crippen molar-refractivity contribution in [3.05, 3.63) is 65.6 Å². The lowest BCUT2D eigenvalue weighted by Gasteiger charge is -2.12. The fraction of sp³-hybridized carbons (Fsp3) is 0.300. The molecule has 3 aromatic rings. The van der Waals surface area contributed by atoms with Gasteiger partial charge in [0.2, 0.25) is 11.8 Å². The van der Waals surface area contributed by atoms with E-state index in [1.165, 1.54) is 0 Å². The SMILES string of the molecule is CN=C(NCc1cccc(NC(=O)Cn2cccn2)c1)NCc1nc(C)c(C)o1.I. The number of benzene rings is 1. The summed E-state index contributed by atoms with van der Waals surface area (Å²) < 4.78 is 7.14. The Kier molecular flexibility index (Phi) is 8.84. The minimum absolute atomic E-state index is 0. The molecular formula is C20H26IN7O2. The van der Waals surface area contributed by atoms with Crippen molar-refractivity contribution >= 4 is 41.5 Å². The Morgan fingerprint density at radius 1 is 1.20 bits per heavy atom. The van der Waals surface area contributed by atoms with E-state index in [0.29, 0.717) is 24.9 Å². The number of aliphatic imine (C=N–C) groups is 1. The van der Waals surface area contributed by atoms with Crippen molar-refractivity contribution in [2.75, 3.05) is 12.4 Å². The third kappa shape index (κ3) is 6.87. The van der Waals surface area contributed by atoms with Crippen LogP contribution in [0.2, 0.25) is 0 Å². The van der Waals surface area contributed by atoms with E-state index in [-0.39, 0.29) is 36.4 Å². The first-order valence-electron chi connectivity index (χ1n) is 9.27. The van der Waals surface area contributed by atoms with Crippen LogP contribution in [0.3, 0.4) is 0 Å². The highest BCUT2D eigenvalue weighted by Gasteiger charge is 2.07. The van der Waals surface area contributed by atoms with Crippen molar-refractivity contribution < 1.29 is 9.21 Å². The molecule has 3 N–H and O–H groups in total. The Bertz CT molecular complexity index is 963. The van der Waals surface area contributed by atoms with Crippen LogP contribution in [0, 0.1) is 13.8 Å². The molecule has 0 aliphatic carbocycles. The number of anilines is 1. The van der Waals surface area contributed by atoms with Crippen LogP contribution in [0.4, 0.5) is 5.69 Å². The molecule has 0 saturated heterocycles. The second-order valence-corrected chi connectivity index (χ2v) is 6.48. The van der Waals surface area contributed by atoms with Gasteiger partial charge in [-0.25, -0.2) is 4.98 Å². The molecule has 0 bridgehead atoms. The van der Waals surface area contributed by atoms with Crippen molar-refractivity contribution in [2.45, 2.75) is 33.5 Å². The molecule has 30 heavy (non-hydrogen) atoms. The average molecular weight is 523 g/mol. The molecule has 1 aromatic carbocycles. The molecular weight excluding hydrogens is 497 g/mol. The zero-order chi connectivity index (χ0) is 20.6. The van der Waals surface area contributed by atoms with E-state index in [9.17, 15) is 4.79 Å². The summed E-state index contributed by atoms with van der Waals surface area (Å²) in [6.07, 6.45) is 3.39. The third-order valence-corrected chi connectivity index (χ3v) is 4.24. The molecule has 2 aromatic heterocycles. The van der Waals surface area contributed by atoms with Gasteiger partial charge in [0.05, 0.1) is 12.2 Å². The summed E-state index contributed by atoms with van der Waals surface area (Å²) in [6.45, 7) is 4.96. The van der Waals surface area contributed by atoms with Crippen molar-refractivity contribution in [3.63, 3.8) is 0 Å². The standard InChI is InChI=1S/C20H25N7O2.HI/c1-14-15(2)29-19(25-14)12-23-20(21-3)22-11-16-6-4-7-17(10-16)26-18(28)13-27-9-5-8-24-27;/h4-10H,11-13H2,1-3H3,(H,26,28)(H2,21,22,23);1H. The predicted molar refractivity (Wildman–Crippen MR) is 126 cm³/mol. The fourth-order valence-corrected chi connectivity index (χ4v) is 2.68. The van der Waals surface area contributed by atoms with Gasteiger partial charge in [0.1, 0.15) is 12.3 Å². The Balaban J connectivity index is 0.00000320. The highest BCUT2D eigenvalue weighted by atomic mass is 127. The van der Waals surface area contributed by atoms with Gasteiger partial charge < -0.3 is 20.4 Å². The van der Waals surface area contributed by atoms with Gasteiger partial charge in [-0.15, -0.1) is 24.0 Å². The maximum Gasteiger partial charge on any atom is 0.246 e. The minimum Gasteiger partial charge on any atom is -0.444 e. The second-order valence-electron chi connectivity index (χ2n) is 6.48. The van der Waals surface area contributed by atoms with E-state index >= 15 is 0 Å². The zero-order valence-electron chi connectivity index (χ0n) is 17.2. The maximum absolute atomic E-state index is 12.1. The van der Waals surface area contributed by atoms with E-state index in [2.05, 4.69) is 31.0 Å². The van der Waals surface area contributed by atoms with Crippen molar-refractivity contribution in [3.8, 4) is 0 Å². The van der Waals surface area contributed by atoms with Crippen LogP contribution in [-0.4, -0.2) is 33.7 Å². The van der Waals surface area contributed by atoms with E-state index in [4.69, 9.17) is 4.42 Å². The summed E-state index contributed by atoms with van der Waals surface area (Å²) in [6, 6.07) is 9.43. The molecule has 9 nitrogen and oxygen atoms in total. The molecule has 10 heteroatoms. The molecule has 0 aliphatic heterocycles. The van der Waals surface area contributed by atoms with Gasteiger partial charge >= 0.3 is 0 Å². The number of hydrogen-bond donors (Lipinski definition) is 3. The number of aromatic nitrogens is 3. The van der Waals surface area contributed by atoms with Gasteiger partial charge in [-0.2, -0.15) is 5.10 Å². The monoisotopic (exact) mass is 523 g/mol. The average Bonchev–Trinajstić information content (AvgIpc) is 3.31. The largest absolute Gasteiger partial charge is 0.444 e. The van der Waals surface area contributed by atoms with Crippen LogP contribution in [0.5, 0.6) is 0 Å². The molecule has 0 saturated carbocycles. The van der Waals surface area contributed by atoms with Crippen LogP contribution in [-0.2, 0) is 24.4 Å². The summed E-state index contributed by atoms with van der Waals surface area (Å²) in [4.78, 5) is 20.7. The van der Waals surface area contributed by atoms with E-state index in [1.807, 2.05) is 38.1 Å². The van der Waals surface area contributed by atoms with Crippen LogP contribution < -0.4 is 16.0 Å². The molecule has 0 unspecified atom stereocenters. The topological polar surface area (TPSA) is 109 Å². The number of carbonyl (C=O) groups excluding carboxylic acids is 1. The lowest BCUT2D eigenvalue weighted by molar-refractivity contribution is -0.116. The van der Waals surface area contributed by atoms with Gasteiger partial charge in [0.15, 0.2) is 5.96 Å². The highest BCUT2D eigenvalue weighted by Crippen LogP contribution is 2.11. The summed E-state index contributed by atoms with van der Waals surface area (Å²) in [7, 11) is 1.70. The van der Waals surface area contributed by atoms with E-state index < -0.39 is 0 Å². The molecule has 0 fully saturated rings. The lowest BCUT2D eigenvalue weighted by Crippen LogP contribution is -2.36. The summed E-state index contributed by atoms with van der Waals surface area (Å²) in [5.41, 5.74) is 2.62. The Hall–Kier alpha value is -2.89. The number of guanidine groups is 1. The first kappa shape index (κ1) is 23.4. The molecule has 160 valence electrons. The number of oxazole rings is 1. The quantitative estimate of drug-likeness (QED) is 0.250. The minimum atomic E-state index is -0.132. The second kappa shape index (κ2) is 11.3. The van der Waals surface area contributed by atoms with Gasteiger partial charge in [-0.05, 0) is 37.6 Å². The number of amides is 1. The summed E-state index contributed by atoms with van der Waals surface area (Å²) in [5, 5.41) is 13.3. The van der Waals surface area contributed by atoms with Crippen LogP contribution >= 0.6 is 24.0 Å². The smallest absolute Gasteiger partial charge is 0.246 e. The van der Waals surface area contributed by atoms with Gasteiger partial charge in [-0.3, -0.25) is 14.5 Å². The normalized spacial score (nSPS) is 11.0. The first-order valence-corrected chi connectivity index (χ1v) is 9.27. The molecule has 0 spiro atoms. The van der Waals surface area contributed by atoms with Gasteiger partial charge in [0, 0.05) is 31.7 Å². The van der Waals surface area contributed by atoms with Crippen molar-refractivity contribution in [2.24, 2.45) is 4.99 Å². The molecule has 0 aliphatic rings. The summed E-state index contributed by atoms with van der Waals surface area (Å²) in [5.74, 6) is 1.93. The molecule has 2 heterocycles. The highest BCUT2D eigenvalue weighted by molar-refractivity contribution is 14.0. The van der Waals surface area contributed by atoms with E-state index in [1.54, 1.807) is 30.2 Å². The Labute approximate surface area is 192 Å². The van der Waals surface area contributed by atoms with Crippen LogP contribution in [0.25, 0.3) is 0 Å². The van der Waals surface area contributed by atoms with Crippen molar-refractivity contribution in [1.29, 1.82) is 0 Å². The number of halogens is 1. The van der Waals surface area contributed by atoms with Gasteiger partial charge in [0.25, 0.3) is 0 Å². The number of nitrogens with zero attached hydrogens (tertiary/aromatic N) is 4. The van der Waals surface area contributed by atoms with E-state index in [0.717, 1.165) is 22.7 Å². The molecule has 3 rings (SSSR count). The fourth-order valence-electron chi connectivity index (χ4n) is 2.68. The predicted octanol–water partition coefficient (Wildman–Crippen LogP) is 2.61. The lowest BCUT2D eigenvalue weighted by atomic mass is 10.2. The number of aryl methyl sites for hydroxylation is 2. The Morgan fingerprint density at radius 2 is 2.00 bits per heavy atom. The summed E-state index contributed by atoms with van der Waals surface area (Å²) >= 11 is 0. The number of carbonyl (C=O) groups is 1. The number of nitrogens with one attached hydrogen (secondary N) is 3. The number of rotatable bonds is 7. The Morgan fingerprint density at radius 3 is 2.67 bits per heavy atom. The van der Waals surface area contributed by atoms with Crippen molar-refractivity contribution in [1.82, 2.24) is 25.4 Å². The molecule has 0 atom stereocenters.